The van der Waals surface area contributed by atoms with Gasteiger partial charge in [0.2, 0.25) is 5.91 Å². The molecule has 3 nitrogen and oxygen atoms in total. The highest BCUT2D eigenvalue weighted by atomic mass is 16.5. The fourth-order valence-corrected chi connectivity index (χ4v) is 1.04. The Bertz CT molecular complexity index is 164. The first-order valence-corrected chi connectivity index (χ1v) is 4.76. The van der Waals surface area contributed by atoms with E-state index in [1.54, 1.807) is 0 Å². The lowest BCUT2D eigenvalue weighted by Crippen LogP contribution is -2.31. The number of ether oxygens (including phenoxy) is 1. The van der Waals surface area contributed by atoms with Crippen LogP contribution in [0.3, 0.4) is 0 Å². The van der Waals surface area contributed by atoms with Crippen LogP contribution in [-0.4, -0.2) is 18.1 Å². The molecule has 0 aromatic heterocycles. The van der Waals surface area contributed by atoms with Crippen LogP contribution in [0.25, 0.3) is 0 Å². The molecule has 0 spiro atoms. The summed E-state index contributed by atoms with van der Waals surface area (Å²) in [4.78, 5) is 10.7. The maximum atomic E-state index is 10.7. The molecule has 0 aromatic rings. The van der Waals surface area contributed by atoms with E-state index in [1.807, 2.05) is 13.8 Å². The van der Waals surface area contributed by atoms with E-state index in [9.17, 15) is 4.79 Å². The number of amides is 1. The van der Waals surface area contributed by atoms with Gasteiger partial charge in [0, 0.05) is 6.61 Å². The number of hydrogen-bond donors (Lipinski definition) is 1. The predicted molar refractivity (Wildman–Crippen MR) is 53.3 cm³/mol. The number of primary amides is 1. The Hall–Kier alpha value is -0.570. The molecular formula is C10H21NO2. The molecule has 2 N–H and O–H groups in total. The molecule has 0 saturated carbocycles. The highest BCUT2D eigenvalue weighted by Crippen LogP contribution is 2.15. The van der Waals surface area contributed by atoms with Gasteiger partial charge in [-0.2, -0.15) is 0 Å². The normalized spacial score (nSPS) is 12.1. The van der Waals surface area contributed by atoms with Crippen LogP contribution in [0.1, 0.15) is 40.5 Å². The van der Waals surface area contributed by atoms with Crippen molar-refractivity contribution < 1.29 is 9.53 Å². The monoisotopic (exact) mass is 187 g/mol. The first-order chi connectivity index (χ1) is 5.83. The molecule has 0 radical (unpaired) electrons. The zero-order chi connectivity index (χ0) is 10.5. The van der Waals surface area contributed by atoms with E-state index in [-0.39, 0.29) is 12.3 Å². The smallest absolute Gasteiger partial charge is 0.220 e. The van der Waals surface area contributed by atoms with E-state index >= 15 is 0 Å². The maximum Gasteiger partial charge on any atom is 0.220 e. The SMILES string of the molecule is CC(C)CCOC(C)(C)CC(N)=O. The van der Waals surface area contributed by atoms with Crippen LogP contribution in [0.5, 0.6) is 0 Å². The van der Waals surface area contributed by atoms with Crippen molar-refractivity contribution in [1.82, 2.24) is 0 Å². The number of carbonyl (C=O) groups is 1. The molecule has 0 saturated heterocycles. The highest BCUT2D eigenvalue weighted by molar-refractivity contribution is 5.74. The van der Waals surface area contributed by atoms with Crippen molar-refractivity contribution in [2.24, 2.45) is 11.7 Å². The number of hydrogen-bond acceptors (Lipinski definition) is 2. The Balaban J connectivity index is 3.69. The van der Waals surface area contributed by atoms with Crippen LogP contribution in [0.2, 0.25) is 0 Å². The van der Waals surface area contributed by atoms with Crippen molar-refractivity contribution in [3.63, 3.8) is 0 Å². The molecule has 3 heteroatoms. The number of nitrogens with two attached hydrogens (primary N) is 1. The molecule has 0 aliphatic carbocycles. The summed E-state index contributed by atoms with van der Waals surface area (Å²) in [5, 5.41) is 0. The second-order valence-electron chi connectivity index (χ2n) is 4.43. The average Bonchev–Trinajstić information content (AvgIpc) is 1.81. The second kappa shape index (κ2) is 5.22. The quantitative estimate of drug-likeness (QED) is 0.688. The van der Waals surface area contributed by atoms with E-state index in [4.69, 9.17) is 10.5 Å². The average molecular weight is 187 g/mol. The van der Waals surface area contributed by atoms with Crippen molar-refractivity contribution in [2.45, 2.75) is 46.1 Å². The van der Waals surface area contributed by atoms with Gasteiger partial charge in [-0.25, -0.2) is 0 Å². The van der Waals surface area contributed by atoms with Crippen molar-refractivity contribution >= 4 is 5.91 Å². The lowest BCUT2D eigenvalue weighted by atomic mass is 10.0. The third-order valence-electron chi connectivity index (χ3n) is 1.79. The van der Waals surface area contributed by atoms with Crippen LogP contribution in [0, 0.1) is 5.92 Å². The zero-order valence-electron chi connectivity index (χ0n) is 9.09. The van der Waals surface area contributed by atoms with Crippen LogP contribution < -0.4 is 5.73 Å². The summed E-state index contributed by atoms with van der Waals surface area (Å²) in [7, 11) is 0. The molecule has 1 amide bonds. The molecule has 0 fully saturated rings. The maximum absolute atomic E-state index is 10.7. The van der Waals surface area contributed by atoms with Gasteiger partial charge in [0.05, 0.1) is 12.0 Å². The Morgan fingerprint density at radius 2 is 2.00 bits per heavy atom. The van der Waals surface area contributed by atoms with Gasteiger partial charge in [-0.3, -0.25) is 4.79 Å². The summed E-state index contributed by atoms with van der Waals surface area (Å²) in [6, 6.07) is 0. The summed E-state index contributed by atoms with van der Waals surface area (Å²) in [5.41, 5.74) is 4.68. The van der Waals surface area contributed by atoms with Crippen molar-refractivity contribution in [2.75, 3.05) is 6.61 Å². The summed E-state index contributed by atoms with van der Waals surface area (Å²) in [5.74, 6) is 0.318. The number of carbonyl (C=O) groups excluding carboxylic acids is 1. The standard InChI is InChI=1S/C10H21NO2/c1-8(2)5-6-13-10(3,4)7-9(11)12/h8H,5-7H2,1-4H3,(H2,11,12). The fourth-order valence-electron chi connectivity index (χ4n) is 1.04. The minimum Gasteiger partial charge on any atom is -0.375 e. The van der Waals surface area contributed by atoms with Crippen molar-refractivity contribution in [3.8, 4) is 0 Å². The Morgan fingerprint density at radius 3 is 2.38 bits per heavy atom. The fraction of sp³-hybridized carbons (Fsp3) is 0.900. The summed E-state index contributed by atoms with van der Waals surface area (Å²) < 4.78 is 5.55. The van der Waals surface area contributed by atoms with Gasteiger partial charge in [-0.15, -0.1) is 0 Å². The van der Waals surface area contributed by atoms with E-state index in [1.165, 1.54) is 0 Å². The molecule has 0 aliphatic heterocycles. The first kappa shape index (κ1) is 12.4. The molecule has 0 aliphatic rings. The largest absolute Gasteiger partial charge is 0.375 e. The van der Waals surface area contributed by atoms with Crippen LogP contribution in [-0.2, 0) is 9.53 Å². The molecule has 0 rings (SSSR count). The summed E-state index contributed by atoms with van der Waals surface area (Å²) >= 11 is 0. The molecule has 0 heterocycles. The van der Waals surface area contributed by atoms with E-state index in [2.05, 4.69) is 13.8 Å². The van der Waals surface area contributed by atoms with E-state index in [0.29, 0.717) is 12.5 Å². The topological polar surface area (TPSA) is 52.3 Å². The van der Waals surface area contributed by atoms with E-state index < -0.39 is 5.60 Å². The lowest BCUT2D eigenvalue weighted by Gasteiger charge is -2.24. The highest BCUT2D eigenvalue weighted by Gasteiger charge is 2.20. The summed E-state index contributed by atoms with van der Waals surface area (Å²) in [6.07, 6.45) is 1.30. The third kappa shape index (κ3) is 7.78. The Morgan fingerprint density at radius 1 is 1.46 bits per heavy atom. The molecular weight excluding hydrogens is 166 g/mol. The minimum atomic E-state index is -0.416. The zero-order valence-corrected chi connectivity index (χ0v) is 9.09. The van der Waals surface area contributed by atoms with Crippen molar-refractivity contribution in [1.29, 1.82) is 0 Å². The minimum absolute atomic E-state index is 0.283. The molecule has 0 aromatic carbocycles. The first-order valence-electron chi connectivity index (χ1n) is 4.76. The van der Waals surface area contributed by atoms with E-state index in [0.717, 1.165) is 6.42 Å². The van der Waals surface area contributed by atoms with Crippen LogP contribution in [0.4, 0.5) is 0 Å². The van der Waals surface area contributed by atoms with Gasteiger partial charge >= 0.3 is 0 Å². The van der Waals surface area contributed by atoms with Gasteiger partial charge in [0.25, 0.3) is 0 Å². The Labute approximate surface area is 80.6 Å². The lowest BCUT2D eigenvalue weighted by molar-refractivity contribution is -0.124. The predicted octanol–water partition coefficient (Wildman–Crippen LogP) is 1.70. The molecule has 0 unspecified atom stereocenters. The van der Waals surface area contributed by atoms with Gasteiger partial charge in [-0.05, 0) is 26.2 Å². The van der Waals surface area contributed by atoms with Crippen molar-refractivity contribution in [3.05, 3.63) is 0 Å². The number of rotatable bonds is 6. The molecule has 0 atom stereocenters. The van der Waals surface area contributed by atoms with Gasteiger partial charge in [0.1, 0.15) is 0 Å². The van der Waals surface area contributed by atoms with Gasteiger partial charge < -0.3 is 10.5 Å². The van der Waals surface area contributed by atoms with Gasteiger partial charge in [-0.1, -0.05) is 13.8 Å². The molecule has 0 bridgehead atoms. The second-order valence-corrected chi connectivity index (χ2v) is 4.43. The Kier molecular flexibility index (Phi) is 4.99. The van der Waals surface area contributed by atoms with Crippen LogP contribution in [0.15, 0.2) is 0 Å². The third-order valence-corrected chi connectivity index (χ3v) is 1.79. The molecule has 78 valence electrons. The van der Waals surface area contributed by atoms with Gasteiger partial charge in [0.15, 0.2) is 0 Å². The van der Waals surface area contributed by atoms with Crippen LogP contribution >= 0.6 is 0 Å². The summed E-state index contributed by atoms with van der Waals surface area (Å²) in [6.45, 7) is 8.75. The molecule has 13 heavy (non-hydrogen) atoms.